The van der Waals surface area contributed by atoms with Crippen LogP contribution in [0.5, 0.6) is 0 Å². The van der Waals surface area contributed by atoms with E-state index in [1.807, 2.05) is 6.92 Å². The van der Waals surface area contributed by atoms with Crippen LogP contribution in [0.25, 0.3) is 4.85 Å². The van der Waals surface area contributed by atoms with Crippen molar-refractivity contribution in [3.8, 4) is 0 Å². The molecule has 0 aromatic carbocycles. The van der Waals surface area contributed by atoms with Crippen LogP contribution in [0.15, 0.2) is 12.2 Å². The van der Waals surface area contributed by atoms with E-state index in [9.17, 15) is 0 Å². The highest BCUT2D eigenvalue weighted by Crippen LogP contribution is 1.93. The number of hydrogen-bond donors (Lipinski definition) is 0. The first-order chi connectivity index (χ1) is 3.27. The van der Waals surface area contributed by atoms with Gasteiger partial charge in [0, 0.05) is 6.42 Å². The van der Waals surface area contributed by atoms with Crippen LogP contribution in [0.2, 0.25) is 0 Å². The summed E-state index contributed by atoms with van der Waals surface area (Å²) in [5.74, 6) is 0. The van der Waals surface area contributed by atoms with E-state index in [1.54, 1.807) is 0 Å². The van der Waals surface area contributed by atoms with E-state index >= 15 is 0 Å². The molecule has 7 heavy (non-hydrogen) atoms. The Morgan fingerprint density at radius 3 is 2.57 bits per heavy atom. The van der Waals surface area contributed by atoms with Crippen LogP contribution in [0.1, 0.15) is 13.3 Å². The lowest BCUT2D eigenvalue weighted by molar-refractivity contribution is 1.05. The highest BCUT2D eigenvalue weighted by molar-refractivity contribution is 4.90. The molecule has 0 N–H and O–H groups in total. The molecule has 0 heterocycles. The van der Waals surface area contributed by atoms with E-state index in [-0.39, 0.29) is 0 Å². The lowest BCUT2D eigenvalue weighted by atomic mass is 10.2. The molecule has 0 aromatic heterocycles. The molecule has 0 radical (unpaired) electrons. The largest absolute Gasteiger partial charge is 0.317 e. The van der Waals surface area contributed by atoms with E-state index < -0.39 is 0 Å². The lowest BCUT2D eigenvalue weighted by Crippen LogP contribution is -1.75. The Kier molecular flexibility index (Phi) is 3.04. The normalized spacial score (nSPS) is 7.43. The van der Waals surface area contributed by atoms with Crippen LogP contribution in [-0.4, -0.2) is 6.54 Å². The van der Waals surface area contributed by atoms with Gasteiger partial charge >= 0.3 is 0 Å². The molecule has 0 fully saturated rings. The number of hydrogen-bond acceptors (Lipinski definition) is 0. The van der Waals surface area contributed by atoms with Gasteiger partial charge in [0.1, 0.15) is 0 Å². The van der Waals surface area contributed by atoms with Crippen molar-refractivity contribution in [1.82, 2.24) is 0 Å². The standard InChI is InChI=1S/C6H9N/c1-6(2)4-5-7-3/h1,4-5H2,2H3. The fraction of sp³-hybridized carbons (Fsp3) is 0.500. The number of rotatable bonds is 2. The fourth-order valence-electron chi connectivity index (χ4n) is 0.247. The summed E-state index contributed by atoms with van der Waals surface area (Å²) in [6.07, 6.45) is 0.851. The quantitative estimate of drug-likeness (QED) is 0.364. The van der Waals surface area contributed by atoms with Crippen molar-refractivity contribution < 1.29 is 0 Å². The monoisotopic (exact) mass is 95.1 g/mol. The summed E-state index contributed by atoms with van der Waals surface area (Å²) in [4.78, 5) is 3.16. The second kappa shape index (κ2) is 3.42. The molecule has 0 saturated carbocycles. The minimum absolute atomic E-state index is 0.593. The Morgan fingerprint density at radius 1 is 1.86 bits per heavy atom. The summed E-state index contributed by atoms with van der Waals surface area (Å²) < 4.78 is 0. The highest BCUT2D eigenvalue weighted by Gasteiger charge is 1.84. The van der Waals surface area contributed by atoms with Gasteiger partial charge in [0.2, 0.25) is 6.54 Å². The molecule has 0 amide bonds. The van der Waals surface area contributed by atoms with Crippen molar-refractivity contribution in [2.75, 3.05) is 6.54 Å². The summed E-state index contributed by atoms with van der Waals surface area (Å²) in [5, 5.41) is 0. The molecule has 0 saturated heterocycles. The smallest absolute Gasteiger partial charge is 0.218 e. The summed E-state index contributed by atoms with van der Waals surface area (Å²) in [6, 6.07) is 0. The Hall–Kier alpha value is -0.770. The molecule has 0 bridgehead atoms. The van der Waals surface area contributed by atoms with E-state index in [2.05, 4.69) is 11.4 Å². The Morgan fingerprint density at radius 2 is 2.43 bits per heavy atom. The maximum absolute atomic E-state index is 6.38. The molecule has 0 aliphatic carbocycles. The molecule has 0 aliphatic heterocycles. The molecule has 0 atom stereocenters. The first kappa shape index (κ1) is 6.23. The average Bonchev–Trinajstić information content (AvgIpc) is 1.61. The molecular weight excluding hydrogens is 86.1 g/mol. The maximum Gasteiger partial charge on any atom is 0.218 e. The van der Waals surface area contributed by atoms with Gasteiger partial charge in [-0.3, -0.25) is 0 Å². The van der Waals surface area contributed by atoms with Gasteiger partial charge in [-0.15, -0.1) is 0 Å². The van der Waals surface area contributed by atoms with Crippen LogP contribution in [-0.2, 0) is 0 Å². The second-order valence-corrected chi connectivity index (χ2v) is 1.59. The van der Waals surface area contributed by atoms with Gasteiger partial charge in [-0.25, -0.2) is 6.57 Å². The molecule has 38 valence electrons. The third-order valence-corrected chi connectivity index (χ3v) is 0.650. The van der Waals surface area contributed by atoms with Crippen molar-refractivity contribution in [1.29, 1.82) is 0 Å². The van der Waals surface area contributed by atoms with Crippen molar-refractivity contribution in [3.63, 3.8) is 0 Å². The van der Waals surface area contributed by atoms with Crippen molar-refractivity contribution in [2.24, 2.45) is 0 Å². The topological polar surface area (TPSA) is 4.36 Å². The van der Waals surface area contributed by atoms with Gasteiger partial charge in [-0.1, -0.05) is 12.2 Å². The first-order valence-corrected chi connectivity index (χ1v) is 2.25. The zero-order valence-corrected chi connectivity index (χ0v) is 4.57. The summed E-state index contributed by atoms with van der Waals surface area (Å²) in [7, 11) is 0. The van der Waals surface area contributed by atoms with Crippen LogP contribution < -0.4 is 0 Å². The van der Waals surface area contributed by atoms with Crippen molar-refractivity contribution in [3.05, 3.63) is 23.6 Å². The van der Waals surface area contributed by atoms with Crippen LogP contribution in [0.4, 0.5) is 0 Å². The van der Waals surface area contributed by atoms with E-state index in [0.717, 1.165) is 12.0 Å². The van der Waals surface area contributed by atoms with Gasteiger partial charge in [-0.05, 0) is 6.92 Å². The predicted octanol–water partition coefficient (Wildman–Crippen LogP) is 1.87. The third kappa shape index (κ3) is 5.23. The number of nitrogens with zero attached hydrogens (tertiary/aromatic N) is 1. The maximum atomic E-state index is 6.38. The molecule has 0 unspecified atom stereocenters. The van der Waals surface area contributed by atoms with Crippen LogP contribution >= 0.6 is 0 Å². The fourth-order valence-corrected chi connectivity index (χ4v) is 0.247. The van der Waals surface area contributed by atoms with Gasteiger partial charge in [-0.2, -0.15) is 0 Å². The Balaban J connectivity index is 3.02. The minimum atomic E-state index is 0.593. The second-order valence-electron chi connectivity index (χ2n) is 1.59. The zero-order valence-electron chi connectivity index (χ0n) is 4.57. The molecule has 1 heteroatoms. The first-order valence-electron chi connectivity index (χ1n) is 2.25. The van der Waals surface area contributed by atoms with Gasteiger partial charge in [0.25, 0.3) is 0 Å². The van der Waals surface area contributed by atoms with Gasteiger partial charge < -0.3 is 4.85 Å². The Labute approximate surface area is 44.5 Å². The molecule has 0 aliphatic rings. The molecule has 1 nitrogen and oxygen atoms in total. The van der Waals surface area contributed by atoms with E-state index in [1.165, 1.54) is 0 Å². The third-order valence-electron chi connectivity index (χ3n) is 0.650. The molecule has 0 spiro atoms. The van der Waals surface area contributed by atoms with E-state index in [4.69, 9.17) is 6.57 Å². The lowest BCUT2D eigenvalue weighted by Gasteiger charge is -1.83. The highest BCUT2D eigenvalue weighted by atomic mass is 14.6. The molecule has 0 rings (SSSR count). The van der Waals surface area contributed by atoms with Gasteiger partial charge in [0.05, 0.1) is 0 Å². The zero-order chi connectivity index (χ0) is 5.70. The average molecular weight is 95.1 g/mol. The molecular formula is C6H9N. The van der Waals surface area contributed by atoms with E-state index in [0.29, 0.717) is 6.54 Å². The van der Waals surface area contributed by atoms with Crippen LogP contribution in [0.3, 0.4) is 0 Å². The predicted molar refractivity (Wildman–Crippen MR) is 30.9 cm³/mol. The summed E-state index contributed by atoms with van der Waals surface area (Å²) in [6.45, 7) is 12.6. The van der Waals surface area contributed by atoms with Crippen molar-refractivity contribution >= 4 is 0 Å². The summed E-state index contributed by atoms with van der Waals surface area (Å²) in [5.41, 5.74) is 1.09. The van der Waals surface area contributed by atoms with Crippen LogP contribution in [0, 0.1) is 6.57 Å². The van der Waals surface area contributed by atoms with Crippen molar-refractivity contribution in [2.45, 2.75) is 13.3 Å². The molecule has 0 aromatic rings. The minimum Gasteiger partial charge on any atom is -0.317 e. The SMILES string of the molecule is [C-]#[N+]CCC(=C)C. The van der Waals surface area contributed by atoms with Gasteiger partial charge in [0.15, 0.2) is 0 Å². The Bertz CT molecular complexity index is 97.2. The summed E-state index contributed by atoms with van der Waals surface area (Å²) >= 11 is 0.